The van der Waals surface area contributed by atoms with E-state index < -0.39 is 0 Å². The topological polar surface area (TPSA) is 32.3 Å². The van der Waals surface area contributed by atoms with Crippen LogP contribution in [-0.2, 0) is 4.79 Å². The monoisotopic (exact) mass is 170 g/mol. The van der Waals surface area contributed by atoms with Gasteiger partial charge in [-0.2, -0.15) is 0 Å². The predicted octanol–water partition coefficient (Wildman–Crippen LogP) is 0.629. The van der Waals surface area contributed by atoms with E-state index in [1.807, 2.05) is 14.1 Å². The second-order valence-electron chi connectivity index (χ2n) is 3.30. The zero-order chi connectivity index (χ0) is 9.72. The Labute approximate surface area is 74.4 Å². The zero-order valence-corrected chi connectivity index (χ0v) is 8.35. The fourth-order valence-electron chi connectivity index (χ4n) is 0.574. The standard InChI is InChI=1S/C9H18N2O/c1-7(2)9(12)10-6-8(3)11(4)5/h8H,1,6H2,2-5H3,(H,10,12). The quantitative estimate of drug-likeness (QED) is 0.628. The smallest absolute Gasteiger partial charge is 0.246 e. The Morgan fingerprint density at radius 2 is 2.08 bits per heavy atom. The van der Waals surface area contributed by atoms with Crippen molar-refractivity contribution in [2.24, 2.45) is 0 Å². The van der Waals surface area contributed by atoms with Crippen LogP contribution in [0, 0.1) is 0 Å². The van der Waals surface area contributed by atoms with Crippen molar-refractivity contribution in [2.75, 3.05) is 20.6 Å². The molecule has 0 aliphatic rings. The van der Waals surface area contributed by atoms with Crippen molar-refractivity contribution in [1.29, 1.82) is 0 Å². The molecule has 1 N–H and O–H groups in total. The number of hydrogen-bond donors (Lipinski definition) is 1. The number of carbonyl (C=O) groups excluding carboxylic acids is 1. The maximum Gasteiger partial charge on any atom is 0.246 e. The molecule has 0 heterocycles. The predicted molar refractivity (Wildman–Crippen MR) is 51.0 cm³/mol. The van der Waals surface area contributed by atoms with Crippen molar-refractivity contribution < 1.29 is 4.79 Å². The van der Waals surface area contributed by atoms with Gasteiger partial charge in [0.2, 0.25) is 5.91 Å². The third kappa shape index (κ3) is 4.13. The summed E-state index contributed by atoms with van der Waals surface area (Å²) in [4.78, 5) is 13.1. The number of likely N-dealkylation sites (N-methyl/N-ethyl adjacent to an activating group) is 1. The third-order valence-corrected chi connectivity index (χ3v) is 1.83. The summed E-state index contributed by atoms with van der Waals surface area (Å²) in [6.45, 7) is 7.98. The number of nitrogens with zero attached hydrogens (tertiary/aromatic N) is 1. The molecule has 0 aromatic rings. The molecule has 0 fully saturated rings. The van der Waals surface area contributed by atoms with Crippen molar-refractivity contribution in [2.45, 2.75) is 19.9 Å². The highest BCUT2D eigenvalue weighted by Gasteiger charge is 2.06. The second kappa shape index (κ2) is 4.93. The van der Waals surface area contributed by atoms with Crippen molar-refractivity contribution in [3.8, 4) is 0 Å². The van der Waals surface area contributed by atoms with Gasteiger partial charge in [-0.05, 0) is 27.9 Å². The lowest BCUT2D eigenvalue weighted by Gasteiger charge is -2.19. The van der Waals surface area contributed by atoms with Gasteiger partial charge in [-0.1, -0.05) is 6.58 Å². The molecule has 0 aromatic heterocycles. The van der Waals surface area contributed by atoms with E-state index in [2.05, 4.69) is 23.7 Å². The molecule has 0 aliphatic heterocycles. The van der Waals surface area contributed by atoms with Gasteiger partial charge in [-0.3, -0.25) is 4.79 Å². The summed E-state index contributed by atoms with van der Waals surface area (Å²) >= 11 is 0. The van der Waals surface area contributed by atoms with Gasteiger partial charge in [0.05, 0.1) is 0 Å². The molecule has 0 rings (SSSR count). The lowest BCUT2D eigenvalue weighted by molar-refractivity contribution is -0.117. The summed E-state index contributed by atoms with van der Waals surface area (Å²) in [5.74, 6) is -0.0660. The van der Waals surface area contributed by atoms with E-state index in [4.69, 9.17) is 0 Å². The highest BCUT2D eigenvalue weighted by atomic mass is 16.1. The van der Waals surface area contributed by atoms with Crippen molar-refractivity contribution >= 4 is 5.91 Å². The minimum absolute atomic E-state index is 0.0660. The number of nitrogens with one attached hydrogen (secondary N) is 1. The fourth-order valence-corrected chi connectivity index (χ4v) is 0.574. The first-order valence-corrected chi connectivity index (χ1v) is 4.05. The SMILES string of the molecule is C=C(C)C(=O)NCC(C)N(C)C. The van der Waals surface area contributed by atoms with Crippen molar-refractivity contribution in [3.63, 3.8) is 0 Å². The van der Waals surface area contributed by atoms with Gasteiger partial charge in [0, 0.05) is 18.2 Å². The van der Waals surface area contributed by atoms with E-state index in [-0.39, 0.29) is 5.91 Å². The minimum Gasteiger partial charge on any atom is -0.351 e. The molecule has 1 atom stereocenters. The van der Waals surface area contributed by atoms with Crippen LogP contribution in [-0.4, -0.2) is 37.5 Å². The molecule has 0 radical (unpaired) electrons. The fraction of sp³-hybridized carbons (Fsp3) is 0.667. The van der Waals surface area contributed by atoms with Crippen LogP contribution >= 0.6 is 0 Å². The van der Waals surface area contributed by atoms with Gasteiger partial charge in [0.1, 0.15) is 0 Å². The maximum absolute atomic E-state index is 11.0. The van der Waals surface area contributed by atoms with Crippen molar-refractivity contribution in [1.82, 2.24) is 10.2 Å². The first-order chi connectivity index (χ1) is 5.45. The average molecular weight is 170 g/mol. The van der Waals surface area contributed by atoms with Crippen LogP contribution < -0.4 is 5.32 Å². The van der Waals surface area contributed by atoms with Crippen LogP contribution in [0.5, 0.6) is 0 Å². The highest BCUT2D eigenvalue weighted by molar-refractivity contribution is 5.92. The summed E-state index contributed by atoms with van der Waals surface area (Å²) in [5.41, 5.74) is 0.556. The second-order valence-corrected chi connectivity index (χ2v) is 3.30. The van der Waals surface area contributed by atoms with Gasteiger partial charge in [0.15, 0.2) is 0 Å². The van der Waals surface area contributed by atoms with E-state index in [1.165, 1.54) is 0 Å². The van der Waals surface area contributed by atoms with Gasteiger partial charge >= 0.3 is 0 Å². The van der Waals surface area contributed by atoms with E-state index in [0.717, 1.165) is 0 Å². The van der Waals surface area contributed by atoms with Gasteiger partial charge in [0.25, 0.3) is 0 Å². The average Bonchev–Trinajstić information content (AvgIpc) is 1.98. The van der Waals surface area contributed by atoms with Crippen LogP contribution in [0.2, 0.25) is 0 Å². The normalized spacial score (nSPS) is 12.8. The minimum atomic E-state index is -0.0660. The lowest BCUT2D eigenvalue weighted by Crippen LogP contribution is -2.38. The first-order valence-electron chi connectivity index (χ1n) is 4.05. The molecule has 0 bridgehead atoms. The summed E-state index contributed by atoms with van der Waals surface area (Å²) in [5, 5.41) is 2.78. The van der Waals surface area contributed by atoms with E-state index in [0.29, 0.717) is 18.2 Å². The molecule has 3 nitrogen and oxygen atoms in total. The number of carbonyl (C=O) groups is 1. The molecule has 1 amide bonds. The lowest BCUT2D eigenvalue weighted by atomic mass is 10.3. The Bertz CT molecular complexity index is 175. The molecular weight excluding hydrogens is 152 g/mol. The third-order valence-electron chi connectivity index (χ3n) is 1.83. The summed E-state index contributed by atoms with van der Waals surface area (Å²) in [7, 11) is 3.97. The number of rotatable bonds is 4. The van der Waals surface area contributed by atoms with Gasteiger partial charge in [-0.15, -0.1) is 0 Å². The molecule has 12 heavy (non-hydrogen) atoms. The Hall–Kier alpha value is -0.830. The van der Waals surface area contributed by atoms with E-state index in [1.54, 1.807) is 6.92 Å². The van der Waals surface area contributed by atoms with E-state index in [9.17, 15) is 4.79 Å². The summed E-state index contributed by atoms with van der Waals surface area (Å²) in [6, 6.07) is 0.355. The molecule has 1 unspecified atom stereocenters. The first kappa shape index (κ1) is 11.2. The van der Waals surface area contributed by atoms with Crippen LogP contribution in [0.25, 0.3) is 0 Å². The van der Waals surface area contributed by atoms with Crippen LogP contribution in [0.15, 0.2) is 12.2 Å². The highest BCUT2D eigenvalue weighted by Crippen LogP contribution is 1.90. The molecule has 0 aliphatic carbocycles. The molecular formula is C9H18N2O. The largest absolute Gasteiger partial charge is 0.351 e. The number of amides is 1. The molecule has 0 spiro atoms. The molecule has 0 saturated carbocycles. The molecule has 0 aromatic carbocycles. The Morgan fingerprint density at radius 1 is 1.58 bits per heavy atom. The van der Waals surface area contributed by atoms with E-state index >= 15 is 0 Å². The van der Waals surface area contributed by atoms with Crippen LogP contribution in [0.4, 0.5) is 0 Å². The van der Waals surface area contributed by atoms with Gasteiger partial charge < -0.3 is 10.2 Å². The van der Waals surface area contributed by atoms with Crippen LogP contribution in [0.1, 0.15) is 13.8 Å². The number of hydrogen-bond acceptors (Lipinski definition) is 2. The van der Waals surface area contributed by atoms with Crippen LogP contribution in [0.3, 0.4) is 0 Å². The molecule has 3 heteroatoms. The molecule has 70 valence electrons. The summed E-state index contributed by atoms with van der Waals surface area (Å²) in [6.07, 6.45) is 0. The molecule has 0 saturated heterocycles. The maximum atomic E-state index is 11.0. The summed E-state index contributed by atoms with van der Waals surface area (Å²) < 4.78 is 0. The Kier molecular flexibility index (Phi) is 4.59. The Balaban J connectivity index is 3.69. The van der Waals surface area contributed by atoms with Gasteiger partial charge in [-0.25, -0.2) is 0 Å². The zero-order valence-electron chi connectivity index (χ0n) is 8.35. The Morgan fingerprint density at radius 3 is 2.42 bits per heavy atom. The van der Waals surface area contributed by atoms with Crippen molar-refractivity contribution in [3.05, 3.63) is 12.2 Å².